The van der Waals surface area contributed by atoms with Crippen molar-refractivity contribution in [3.8, 4) is 0 Å². The first-order valence-electron chi connectivity index (χ1n) is 12.7. The highest BCUT2D eigenvalue weighted by molar-refractivity contribution is 7.92. The molecule has 0 N–H and O–H groups in total. The lowest BCUT2D eigenvalue weighted by molar-refractivity contribution is 0.0717. The normalized spacial score (nSPS) is 16.0. The first-order chi connectivity index (χ1) is 17.9. The predicted octanol–water partition coefficient (Wildman–Crippen LogP) is 5.12. The Kier molecular flexibility index (Phi) is 8.86. The number of hydrogen-bond acceptors (Lipinski definition) is 7. The summed E-state index contributed by atoms with van der Waals surface area (Å²) in [7, 11) is -3.55. The fourth-order valence-electron chi connectivity index (χ4n) is 4.79. The standard InChI is InChI=1S/C27H35ClN4O4S2/c1-18(2)30-11-6-12-32(38(5,34)35)25-15-22(28)8-7-21(25)17-31(14-13-30)27(33)26-10-9-23(37-26)16-24-19(3)29-36-20(24)4/h7-10,15,18H,6,11-14,16-17H2,1-5H3. The number of aryl methyl sites for hydroxylation is 2. The van der Waals surface area contributed by atoms with Gasteiger partial charge in [-0.25, -0.2) is 8.42 Å². The van der Waals surface area contributed by atoms with Crippen LogP contribution in [0.15, 0.2) is 34.9 Å². The SMILES string of the molecule is Cc1noc(C)c1Cc1ccc(C(=O)N2CCN(C(C)C)CCCN(S(C)(=O)=O)c3cc(Cl)ccc3C2)s1. The maximum Gasteiger partial charge on any atom is 0.264 e. The third-order valence-electron chi connectivity index (χ3n) is 6.96. The monoisotopic (exact) mass is 578 g/mol. The number of carbonyl (C=O) groups is 1. The van der Waals surface area contributed by atoms with Gasteiger partial charge in [-0.1, -0.05) is 22.8 Å². The Balaban J connectivity index is 1.68. The Morgan fingerprint density at radius 1 is 1.13 bits per heavy atom. The van der Waals surface area contributed by atoms with Crippen LogP contribution in [-0.4, -0.2) is 67.8 Å². The highest BCUT2D eigenvalue weighted by Crippen LogP contribution is 2.30. The summed E-state index contributed by atoms with van der Waals surface area (Å²) < 4.78 is 32.4. The number of hydrogen-bond donors (Lipinski definition) is 0. The molecule has 0 unspecified atom stereocenters. The summed E-state index contributed by atoms with van der Waals surface area (Å²) in [6.45, 7) is 10.6. The van der Waals surface area contributed by atoms with Crippen molar-refractivity contribution in [2.45, 2.75) is 53.1 Å². The van der Waals surface area contributed by atoms with Crippen molar-refractivity contribution in [2.75, 3.05) is 36.7 Å². The highest BCUT2D eigenvalue weighted by Gasteiger charge is 2.26. The topological polar surface area (TPSA) is 87.0 Å². The number of aromatic nitrogens is 1. The number of amides is 1. The van der Waals surface area contributed by atoms with Gasteiger partial charge in [0, 0.05) is 60.6 Å². The summed E-state index contributed by atoms with van der Waals surface area (Å²) in [6, 6.07) is 9.38. The Hall–Kier alpha value is -2.40. The molecule has 8 nitrogen and oxygen atoms in total. The predicted molar refractivity (Wildman–Crippen MR) is 153 cm³/mol. The molecule has 1 amide bonds. The molecular formula is C27H35ClN4O4S2. The number of anilines is 1. The van der Waals surface area contributed by atoms with Gasteiger partial charge in [0.25, 0.3) is 5.91 Å². The number of carbonyl (C=O) groups excluding carboxylic acids is 1. The number of halogens is 1. The Bertz CT molecular complexity index is 1380. The van der Waals surface area contributed by atoms with Crippen LogP contribution in [0.1, 0.15) is 57.4 Å². The van der Waals surface area contributed by atoms with Crippen molar-refractivity contribution < 1.29 is 17.7 Å². The minimum Gasteiger partial charge on any atom is -0.361 e. The molecule has 0 radical (unpaired) electrons. The molecule has 3 heterocycles. The van der Waals surface area contributed by atoms with Crippen LogP contribution in [0, 0.1) is 13.8 Å². The zero-order chi connectivity index (χ0) is 27.6. The molecule has 38 heavy (non-hydrogen) atoms. The Morgan fingerprint density at radius 3 is 2.55 bits per heavy atom. The minimum atomic E-state index is -3.55. The van der Waals surface area contributed by atoms with Crippen molar-refractivity contribution in [3.05, 3.63) is 67.7 Å². The molecule has 1 aromatic carbocycles. The van der Waals surface area contributed by atoms with Crippen LogP contribution in [0.25, 0.3) is 0 Å². The molecule has 0 saturated carbocycles. The van der Waals surface area contributed by atoms with Crippen LogP contribution >= 0.6 is 22.9 Å². The quantitative estimate of drug-likeness (QED) is 0.418. The summed E-state index contributed by atoms with van der Waals surface area (Å²) in [5.74, 6) is 0.713. The molecule has 1 aliphatic heterocycles. The van der Waals surface area contributed by atoms with E-state index < -0.39 is 10.0 Å². The maximum atomic E-state index is 13.9. The molecule has 0 aliphatic carbocycles. The van der Waals surface area contributed by atoms with Crippen LogP contribution in [0.4, 0.5) is 5.69 Å². The zero-order valence-electron chi connectivity index (χ0n) is 22.5. The smallest absolute Gasteiger partial charge is 0.264 e. The van der Waals surface area contributed by atoms with E-state index in [0.717, 1.165) is 34.0 Å². The molecule has 206 valence electrons. The Morgan fingerprint density at radius 2 is 1.89 bits per heavy atom. The van der Waals surface area contributed by atoms with Crippen LogP contribution in [0.2, 0.25) is 5.02 Å². The van der Waals surface area contributed by atoms with Gasteiger partial charge in [0.1, 0.15) is 5.76 Å². The van der Waals surface area contributed by atoms with Crippen molar-refractivity contribution in [2.24, 2.45) is 0 Å². The van der Waals surface area contributed by atoms with E-state index in [-0.39, 0.29) is 18.5 Å². The van der Waals surface area contributed by atoms with Gasteiger partial charge >= 0.3 is 0 Å². The van der Waals surface area contributed by atoms with Crippen molar-refractivity contribution >= 4 is 44.6 Å². The molecular weight excluding hydrogens is 544 g/mol. The number of rotatable bonds is 5. The maximum absolute atomic E-state index is 13.9. The van der Waals surface area contributed by atoms with Crippen molar-refractivity contribution in [1.29, 1.82) is 0 Å². The van der Waals surface area contributed by atoms with Crippen molar-refractivity contribution in [1.82, 2.24) is 15.0 Å². The average molecular weight is 579 g/mol. The van der Waals surface area contributed by atoms with Gasteiger partial charge in [0.2, 0.25) is 10.0 Å². The second-order valence-electron chi connectivity index (χ2n) is 10.1. The van der Waals surface area contributed by atoms with Crippen LogP contribution in [0.3, 0.4) is 0 Å². The van der Waals surface area contributed by atoms with Gasteiger partial charge in [0.15, 0.2) is 0 Å². The fraction of sp³-hybridized carbons (Fsp3) is 0.481. The first kappa shape index (κ1) is 28.6. The van der Waals surface area contributed by atoms with E-state index in [0.29, 0.717) is 48.1 Å². The van der Waals surface area contributed by atoms with E-state index in [9.17, 15) is 13.2 Å². The summed E-state index contributed by atoms with van der Waals surface area (Å²) in [4.78, 5) is 19.7. The van der Waals surface area contributed by atoms with E-state index in [2.05, 4.69) is 23.9 Å². The number of benzene rings is 1. The second-order valence-corrected chi connectivity index (χ2v) is 13.6. The third-order valence-corrected chi connectivity index (χ3v) is 9.45. The molecule has 1 aliphatic rings. The van der Waals surface area contributed by atoms with Gasteiger partial charge in [-0.2, -0.15) is 0 Å². The lowest BCUT2D eigenvalue weighted by Gasteiger charge is -2.30. The van der Waals surface area contributed by atoms with Crippen LogP contribution in [-0.2, 0) is 23.0 Å². The summed E-state index contributed by atoms with van der Waals surface area (Å²) in [5, 5.41) is 4.49. The number of thiophene rings is 1. The van der Waals surface area contributed by atoms with E-state index >= 15 is 0 Å². The lowest BCUT2D eigenvalue weighted by atomic mass is 10.1. The lowest BCUT2D eigenvalue weighted by Crippen LogP contribution is -2.41. The van der Waals surface area contributed by atoms with E-state index in [4.69, 9.17) is 16.1 Å². The van der Waals surface area contributed by atoms with Gasteiger partial charge in [0.05, 0.1) is 22.5 Å². The summed E-state index contributed by atoms with van der Waals surface area (Å²) in [6.07, 6.45) is 2.54. The van der Waals surface area contributed by atoms with Gasteiger partial charge in [-0.3, -0.25) is 14.0 Å². The van der Waals surface area contributed by atoms with E-state index in [1.165, 1.54) is 21.9 Å². The highest BCUT2D eigenvalue weighted by atomic mass is 35.5. The number of sulfonamides is 1. The molecule has 11 heteroatoms. The molecule has 0 atom stereocenters. The van der Waals surface area contributed by atoms with E-state index in [1.807, 2.05) is 36.9 Å². The zero-order valence-corrected chi connectivity index (χ0v) is 24.9. The first-order valence-corrected chi connectivity index (χ1v) is 15.8. The minimum absolute atomic E-state index is 0.0743. The molecule has 0 saturated heterocycles. The fourth-order valence-corrected chi connectivity index (χ4v) is 6.93. The van der Waals surface area contributed by atoms with Gasteiger partial charge in [-0.05, 0) is 63.9 Å². The van der Waals surface area contributed by atoms with Crippen LogP contribution < -0.4 is 4.31 Å². The molecule has 0 spiro atoms. The molecule has 2 aromatic heterocycles. The second kappa shape index (κ2) is 11.8. The Labute approximate surface area is 234 Å². The summed E-state index contributed by atoms with van der Waals surface area (Å²) >= 11 is 7.78. The average Bonchev–Trinajstić information content (AvgIpc) is 3.43. The molecule has 0 fully saturated rings. The molecule has 3 aromatic rings. The largest absolute Gasteiger partial charge is 0.361 e. The number of fused-ring (bicyclic) bond motifs is 1. The molecule has 4 rings (SSSR count). The van der Waals surface area contributed by atoms with E-state index in [1.54, 1.807) is 12.1 Å². The molecule has 0 bridgehead atoms. The van der Waals surface area contributed by atoms with Crippen LogP contribution in [0.5, 0.6) is 0 Å². The third kappa shape index (κ3) is 6.59. The van der Waals surface area contributed by atoms with Gasteiger partial charge < -0.3 is 9.42 Å². The number of nitrogens with zero attached hydrogens (tertiary/aromatic N) is 4. The summed E-state index contributed by atoms with van der Waals surface area (Å²) in [5.41, 5.74) is 3.18. The van der Waals surface area contributed by atoms with Crippen molar-refractivity contribution in [3.63, 3.8) is 0 Å². The van der Waals surface area contributed by atoms with Gasteiger partial charge in [-0.15, -0.1) is 11.3 Å².